The van der Waals surface area contributed by atoms with Gasteiger partial charge in [0.05, 0.1) is 7.11 Å². The predicted octanol–water partition coefficient (Wildman–Crippen LogP) is 3.04. The minimum absolute atomic E-state index is 0.208. The molecule has 0 fully saturated rings. The molecule has 0 radical (unpaired) electrons. The van der Waals surface area contributed by atoms with Crippen molar-refractivity contribution in [2.24, 2.45) is 0 Å². The van der Waals surface area contributed by atoms with Gasteiger partial charge in [-0.3, -0.25) is 0 Å². The van der Waals surface area contributed by atoms with Crippen molar-refractivity contribution < 1.29 is 14.2 Å². The van der Waals surface area contributed by atoms with Gasteiger partial charge in [-0.25, -0.2) is 4.39 Å². The fourth-order valence-electron chi connectivity index (χ4n) is 1.57. The maximum absolute atomic E-state index is 13.4. The Hall–Kier alpha value is -1.59. The highest BCUT2D eigenvalue weighted by Gasteiger charge is 2.09. The molecule has 3 nitrogen and oxygen atoms in total. The third-order valence-corrected chi connectivity index (χ3v) is 3.50. The van der Waals surface area contributed by atoms with Crippen molar-refractivity contribution in [1.29, 1.82) is 0 Å². The molecule has 2 N–H and O–H groups in total. The van der Waals surface area contributed by atoms with Crippen LogP contribution in [0.5, 0.6) is 5.75 Å². The largest absolute Gasteiger partial charge is 0.494 e. The van der Waals surface area contributed by atoms with E-state index in [2.05, 4.69) is 5.32 Å². The van der Waals surface area contributed by atoms with E-state index in [1.54, 1.807) is 12.1 Å². The maximum Gasteiger partial charge on any atom is 0.167 e. The first-order valence-electron chi connectivity index (χ1n) is 5.49. The molecule has 5 heteroatoms. The lowest BCUT2D eigenvalue weighted by atomic mass is 10.2. The molecule has 0 aliphatic carbocycles. The third kappa shape index (κ3) is 3.00. The molecule has 0 saturated heterocycles. The number of hydrogen-bond acceptors (Lipinski definition) is 4. The van der Waals surface area contributed by atoms with Gasteiger partial charge < -0.3 is 15.2 Å². The van der Waals surface area contributed by atoms with Gasteiger partial charge >= 0.3 is 0 Å². The van der Waals surface area contributed by atoms with Gasteiger partial charge in [0, 0.05) is 23.2 Å². The number of hydrogen-bond donors (Lipinski definition) is 2. The Kier molecular flexibility index (Phi) is 4.17. The number of halogens is 1. The number of aliphatic hydroxyl groups excluding tert-OH is 1. The first kappa shape index (κ1) is 12.9. The number of thiophene rings is 1. The Bertz CT molecular complexity index is 502. The van der Waals surface area contributed by atoms with Gasteiger partial charge in [0.1, 0.15) is 6.10 Å². The summed E-state index contributed by atoms with van der Waals surface area (Å²) in [6, 6.07) is 8.36. The molecule has 0 aliphatic rings. The monoisotopic (exact) mass is 267 g/mol. The van der Waals surface area contributed by atoms with Gasteiger partial charge in [0.25, 0.3) is 0 Å². The number of anilines is 1. The highest BCUT2D eigenvalue weighted by Crippen LogP contribution is 2.22. The molecular formula is C13H14FNO2S. The zero-order valence-electron chi connectivity index (χ0n) is 9.89. The van der Waals surface area contributed by atoms with E-state index in [9.17, 15) is 9.50 Å². The number of aliphatic hydroxyl groups is 1. The van der Waals surface area contributed by atoms with Crippen LogP contribution in [0.2, 0.25) is 0 Å². The Morgan fingerprint density at radius 1 is 1.44 bits per heavy atom. The topological polar surface area (TPSA) is 41.5 Å². The Balaban J connectivity index is 1.96. The lowest BCUT2D eigenvalue weighted by Gasteiger charge is -2.12. The molecule has 1 heterocycles. The Labute approximate surface area is 109 Å². The summed E-state index contributed by atoms with van der Waals surface area (Å²) in [7, 11) is 1.42. The second-order valence-corrected chi connectivity index (χ2v) is 4.74. The molecule has 1 aromatic carbocycles. The minimum atomic E-state index is -0.588. The molecule has 0 bridgehead atoms. The van der Waals surface area contributed by atoms with Gasteiger partial charge in [-0.2, -0.15) is 0 Å². The van der Waals surface area contributed by atoms with Crippen LogP contribution in [0.4, 0.5) is 10.1 Å². The summed E-state index contributed by atoms with van der Waals surface area (Å²) in [5, 5.41) is 14.8. The molecule has 0 saturated carbocycles. The van der Waals surface area contributed by atoms with Crippen molar-refractivity contribution in [1.82, 2.24) is 0 Å². The molecule has 1 unspecified atom stereocenters. The second-order valence-electron chi connectivity index (χ2n) is 3.76. The van der Waals surface area contributed by atoms with Crippen LogP contribution in [0.25, 0.3) is 0 Å². The standard InChI is InChI=1S/C13H14FNO2S/c1-17-12-5-4-9(7-10(12)14)15-8-11(16)13-3-2-6-18-13/h2-7,11,15-16H,8H2,1H3. The predicted molar refractivity (Wildman–Crippen MR) is 70.7 cm³/mol. The van der Waals surface area contributed by atoms with Crippen LogP contribution >= 0.6 is 11.3 Å². The first-order valence-corrected chi connectivity index (χ1v) is 6.37. The molecule has 1 aromatic heterocycles. The fourth-order valence-corrected chi connectivity index (χ4v) is 2.28. The van der Waals surface area contributed by atoms with Crippen molar-refractivity contribution in [2.45, 2.75) is 6.10 Å². The van der Waals surface area contributed by atoms with E-state index < -0.39 is 11.9 Å². The zero-order valence-corrected chi connectivity index (χ0v) is 10.7. The molecule has 2 rings (SSSR count). The third-order valence-electron chi connectivity index (χ3n) is 2.52. The summed E-state index contributed by atoms with van der Waals surface area (Å²) in [5.74, 6) is -0.215. The molecule has 1 atom stereocenters. The van der Waals surface area contributed by atoms with E-state index >= 15 is 0 Å². The van der Waals surface area contributed by atoms with E-state index in [0.717, 1.165) is 4.88 Å². The van der Waals surface area contributed by atoms with Crippen LogP contribution in [-0.4, -0.2) is 18.8 Å². The Morgan fingerprint density at radius 3 is 2.89 bits per heavy atom. The first-order chi connectivity index (χ1) is 8.70. The lowest BCUT2D eigenvalue weighted by Crippen LogP contribution is -2.11. The molecule has 18 heavy (non-hydrogen) atoms. The summed E-state index contributed by atoms with van der Waals surface area (Å²) in [4.78, 5) is 0.886. The van der Waals surface area contributed by atoms with E-state index in [-0.39, 0.29) is 5.75 Å². The van der Waals surface area contributed by atoms with Gasteiger partial charge in [0.2, 0.25) is 0 Å². The number of rotatable bonds is 5. The summed E-state index contributed by atoms with van der Waals surface area (Å²) >= 11 is 1.49. The van der Waals surface area contributed by atoms with Crippen LogP contribution in [0.15, 0.2) is 35.7 Å². The fraction of sp³-hybridized carbons (Fsp3) is 0.231. The van der Waals surface area contributed by atoms with E-state index in [0.29, 0.717) is 12.2 Å². The number of nitrogens with one attached hydrogen (secondary N) is 1. The highest BCUT2D eigenvalue weighted by atomic mass is 32.1. The molecule has 0 amide bonds. The maximum atomic E-state index is 13.4. The van der Waals surface area contributed by atoms with E-state index in [1.807, 2.05) is 17.5 Å². The van der Waals surface area contributed by atoms with Crippen molar-refractivity contribution in [3.63, 3.8) is 0 Å². The molecule has 96 valence electrons. The Morgan fingerprint density at radius 2 is 2.28 bits per heavy atom. The van der Waals surface area contributed by atoms with Crippen LogP contribution in [0.1, 0.15) is 11.0 Å². The average Bonchev–Trinajstić information content (AvgIpc) is 2.90. The molecule has 2 aromatic rings. The van der Waals surface area contributed by atoms with Gasteiger partial charge in [-0.1, -0.05) is 6.07 Å². The number of ether oxygens (including phenoxy) is 1. The summed E-state index contributed by atoms with van der Waals surface area (Å²) in [6.45, 7) is 0.340. The van der Waals surface area contributed by atoms with Gasteiger partial charge in [-0.05, 0) is 23.6 Å². The SMILES string of the molecule is COc1ccc(NCC(O)c2cccs2)cc1F. The van der Waals surface area contributed by atoms with Crippen LogP contribution in [0.3, 0.4) is 0 Å². The van der Waals surface area contributed by atoms with Gasteiger partial charge in [0.15, 0.2) is 11.6 Å². The summed E-state index contributed by atoms with van der Waals surface area (Å²) in [5.41, 5.74) is 0.615. The minimum Gasteiger partial charge on any atom is -0.494 e. The van der Waals surface area contributed by atoms with Crippen molar-refractivity contribution >= 4 is 17.0 Å². The summed E-state index contributed by atoms with van der Waals surface area (Å²) in [6.07, 6.45) is -0.588. The highest BCUT2D eigenvalue weighted by molar-refractivity contribution is 7.10. The van der Waals surface area contributed by atoms with Gasteiger partial charge in [-0.15, -0.1) is 11.3 Å². The summed E-state index contributed by atoms with van der Waals surface area (Å²) < 4.78 is 18.3. The number of benzene rings is 1. The smallest absolute Gasteiger partial charge is 0.167 e. The van der Waals surface area contributed by atoms with E-state index in [4.69, 9.17) is 4.74 Å². The molecule has 0 aliphatic heterocycles. The van der Waals surface area contributed by atoms with E-state index in [1.165, 1.54) is 24.5 Å². The van der Waals surface area contributed by atoms with Crippen molar-refractivity contribution in [3.8, 4) is 5.75 Å². The van der Waals surface area contributed by atoms with Crippen molar-refractivity contribution in [3.05, 3.63) is 46.4 Å². The lowest BCUT2D eigenvalue weighted by molar-refractivity contribution is 0.195. The normalized spacial score (nSPS) is 12.2. The van der Waals surface area contributed by atoms with Crippen LogP contribution < -0.4 is 10.1 Å². The second kappa shape index (κ2) is 5.84. The van der Waals surface area contributed by atoms with Crippen molar-refractivity contribution in [2.75, 3.05) is 19.0 Å². The van der Waals surface area contributed by atoms with Crippen LogP contribution in [0, 0.1) is 5.82 Å². The van der Waals surface area contributed by atoms with Crippen LogP contribution in [-0.2, 0) is 0 Å². The molecule has 0 spiro atoms. The zero-order chi connectivity index (χ0) is 13.0. The molecular weight excluding hydrogens is 253 g/mol. The number of methoxy groups -OCH3 is 1. The average molecular weight is 267 g/mol. The quantitative estimate of drug-likeness (QED) is 0.875.